The van der Waals surface area contributed by atoms with Crippen molar-refractivity contribution >= 4 is 5.96 Å². The van der Waals surface area contributed by atoms with Crippen molar-refractivity contribution in [3.63, 3.8) is 0 Å². The number of nitrogens with one attached hydrogen (secondary N) is 1. The highest BCUT2D eigenvalue weighted by atomic mass is 19.3. The van der Waals surface area contributed by atoms with E-state index in [1.54, 1.807) is 25.1 Å². The van der Waals surface area contributed by atoms with E-state index in [1.165, 1.54) is 19.3 Å². The standard InChI is InChI=1S/C17H25F2N3O2/c1-2-23-14-10-6-7-12(15(14)24-16(18)19)11-21-17(20)22-13-8-4-3-5-9-13/h6-7,10,13,16H,2-5,8-9,11H2,1H3,(H3,20,21,22). The Morgan fingerprint density at radius 1 is 1.33 bits per heavy atom. The number of guanidine groups is 1. The van der Waals surface area contributed by atoms with Crippen LogP contribution in [0.3, 0.4) is 0 Å². The SMILES string of the molecule is CCOc1cccc(CN=C(N)NC2CCCCC2)c1OC(F)F. The maximum atomic E-state index is 12.7. The maximum absolute atomic E-state index is 12.7. The van der Waals surface area contributed by atoms with Gasteiger partial charge in [-0.3, -0.25) is 0 Å². The minimum Gasteiger partial charge on any atom is -0.490 e. The lowest BCUT2D eigenvalue weighted by molar-refractivity contribution is -0.0520. The van der Waals surface area contributed by atoms with E-state index in [0.717, 1.165) is 12.8 Å². The Kier molecular flexibility index (Phi) is 7.08. The zero-order valence-electron chi connectivity index (χ0n) is 13.9. The lowest BCUT2D eigenvalue weighted by Crippen LogP contribution is -2.41. The minimum absolute atomic E-state index is 0.0172. The van der Waals surface area contributed by atoms with E-state index in [4.69, 9.17) is 10.5 Å². The van der Waals surface area contributed by atoms with Crippen molar-refractivity contribution in [2.24, 2.45) is 10.7 Å². The number of halogens is 2. The molecular weight excluding hydrogens is 316 g/mol. The number of ether oxygens (including phenoxy) is 2. The molecule has 24 heavy (non-hydrogen) atoms. The number of hydrogen-bond acceptors (Lipinski definition) is 3. The number of para-hydroxylation sites is 1. The highest BCUT2D eigenvalue weighted by molar-refractivity contribution is 5.78. The molecule has 0 bridgehead atoms. The van der Waals surface area contributed by atoms with Crippen LogP contribution in [-0.2, 0) is 6.54 Å². The number of nitrogens with two attached hydrogens (primary N) is 1. The van der Waals surface area contributed by atoms with Gasteiger partial charge in [0.2, 0.25) is 0 Å². The first kappa shape index (κ1) is 18.3. The van der Waals surface area contributed by atoms with Crippen molar-refractivity contribution in [2.45, 2.75) is 58.2 Å². The second-order valence-electron chi connectivity index (χ2n) is 5.74. The molecule has 1 aromatic carbocycles. The topological polar surface area (TPSA) is 68.9 Å². The van der Waals surface area contributed by atoms with Crippen LogP contribution in [0.25, 0.3) is 0 Å². The van der Waals surface area contributed by atoms with E-state index >= 15 is 0 Å². The molecule has 0 aliphatic heterocycles. The highest BCUT2D eigenvalue weighted by Crippen LogP contribution is 2.33. The van der Waals surface area contributed by atoms with Crippen molar-refractivity contribution in [1.29, 1.82) is 0 Å². The number of aliphatic imine (C=N–C) groups is 1. The molecule has 1 aliphatic rings. The predicted molar refractivity (Wildman–Crippen MR) is 89.6 cm³/mol. The Bertz CT molecular complexity index is 547. The number of hydrogen-bond donors (Lipinski definition) is 2. The average molecular weight is 341 g/mol. The fourth-order valence-electron chi connectivity index (χ4n) is 2.85. The Hall–Kier alpha value is -2.05. The molecule has 1 aliphatic carbocycles. The van der Waals surface area contributed by atoms with Gasteiger partial charge < -0.3 is 20.5 Å². The average Bonchev–Trinajstić information content (AvgIpc) is 2.56. The molecule has 0 aromatic heterocycles. The molecule has 1 saturated carbocycles. The molecule has 0 amide bonds. The molecule has 0 saturated heterocycles. The Labute approximate surface area is 141 Å². The number of rotatable bonds is 7. The minimum atomic E-state index is -2.92. The smallest absolute Gasteiger partial charge is 0.387 e. The number of benzene rings is 1. The lowest BCUT2D eigenvalue weighted by Gasteiger charge is -2.23. The Morgan fingerprint density at radius 2 is 2.08 bits per heavy atom. The Morgan fingerprint density at radius 3 is 2.75 bits per heavy atom. The van der Waals surface area contributed by atoms with E-state index in [-0.39, 0.29) is 18.0 Å². The third-order valence-electron chi connectivity index (χ3n) is 3.94. The quantitative estimate of drug-likeness (QED) is 0.589. The van der Waals surface area contributed by atoms with Gasteiger partial charge in [0.1, 0.15) is 0 Å². The molecule has 0 spiro atoms. The molecule has 5 nitrogen and oxygen atoms in total. The second kappa shape index (κ2) is 9.30. The number of nitrogens with zero attached hydrogens (tertiary/aromatic N) is 1. The van der Waals surface area contributed by atoms with Crippen LogP contribution in [0.5, 0.6) is 11.5 Å². The summed E-state index contributed by atoms with van der Waals surface area (Å²) in [7, 11) is 0. The lowest BCUT2D eigenvalue weighted by atomic mass is 9.96. The summed E-state index contributed by atoms with van der Waals surface area (Å²) in [4.78, 5) is 4.26. The summed E-state index contributed by atoms with van der Waals surface area (Å²) in [5.74, 6) is 0.625. The molecule has 1 aromatic rings. The van der Waals surface area contributed by atoms with Crippen LogP contribution in [0.4, 0.5) is 8.78 Å². The fourth-order valence-corrected chi connectivity index (χ4v) is 2.85. The van der Waals surface area contributed by atoms with Crippen molar-refractivity contribution in [3.05, 3.63) is 23.8 Å². The monoisotopic (exact) mass is 341 g/mol. The van der Waals surface area contributed by atoms with Gasteiger partial charge in [-0.25, -0.2) is 4.99 Å². The van der Waals surface area contributed by atoms with E-state index in [9.17, 15) is 8.78 Å². The maximum Gasteiger partial charge on any atom is 0.387 e. The van der Waals surface area contributed by atoms with Gasteiger partial charge in [-0.05, 0) is 25.8 Å². The summed E-state index contributed by atoms with van der Waals surface area (Å²) in [6.45, 7) is -0.637. The van der Waals surface area contributed by atoms with Gasteiger partial charge in [-0.15, -0.1) is 0 Å². The van der Waals surface area contributed by atoms with E-state index in [2.05, 4.69) is 15.0 Å². The van der Waals surface area contributed by atoms with Crippen LogP contribution in [0.15, 0.2) is 23.2 Å². The molecule has 1 fully saturated rings. The van der Waals surface area contributed by atoms with Crippen molar-refractivity contribution in [3.8, 4) is 11.5 Å². The van der Waals surface area contributed by atoms with Gasteiger partial charge in [0, 0.05) is 11.6 Å². The van der Waals surface area contributed by atoms with Gasteiger partial charge in [-0.1, -0.05) is 31.4 Å². The summed E-state index contributed by atoms with van der Waals surface area (Å²) in [6.07, 6.45) is 5.79. The molecule has 2 rings (SSSR count). The van der Waals surface area contributed by atoms with Crippen LogP contribution in [0.1, 0.15) is 44.6 Å². The van der Waals surface area contributed by atoms with Gasteiger partial charge >= 0.3 is 6.61 Å². The zero-order valence-corrected chi connectivity index (χ0v) is 13.9. The van der Waals surface area contributed by atoms with Gasteiger partial charge in [0.15, 0.2) is 17.5 Å². The summed E-state index contributed by atoms with van der Waals surface area (Å²) in [5.41, 5.74) is 6.43. The first-order valence-corrected chi connectivity index (χ1v) is 8.36. The largest absolute Gasteiger partial charge is 0.490 e. The van der Waals surface area contributed by atoms with E-state index in [1.807, 2.05) is 0 Å². The third kappa shape index (κ3) is 5.54. The third-order valence-corrected chi connectivity index (χ3v) is 3.94. The van der Waals surface area contributed by atoms with Crippen LogP contribution in [0, 0.1) is 0 Å². The normalized spacial score (nSPS) is 16.2. The Balaban J connectivity index is 2.06. The zero-order chi connectivity index (χ0) is 17.4. The van der Waals surface area contributed by atoms with E-state index in [0.29, 0.717) is 24.2 Å². The fraction of sp³-hybridized carbons (Fsp3) is 0.588. The molecule has 3 N–H and O–H groups in total. The van der Waals surface area contributed by atoms with Crippen LogP contribution < -0.4 is 20.5 Å². The summed E-state index contributed by atoms with van der Waals surface area (Å²) < 4.78 is 35.3. The number of alkyl halides is 2. The van der Waals surface area contributed by atoms with Crippen LogP contribution >= 0.6 is 0 Å². The van der Waals surface area contributed by atoms with Crippen molar-refractivity contribution < 1.29 is 18.3 Å². The van der Waals surface area contributed by atoms with Gasteiger partial charge in [-0.2, -0.15) is 8.78 Å². The molecular formula is C17H25F2N3O2. The summed E-state index contributed by atoms with van der Waals surface area (Å²) in [5, 5.41) is 3.20. The molecule has 0 atom stereocenters. The summed E-state index contributed by atoms with van der Waals surface area (Å²) in [6, 6.07) is 5.34. The van der Waals surface area contributed by atoms with Gasteiger partial charge in [0.25, 0.3) is 0 Å². The first-order chi connectivity index (χ1) is 11.6. The van der Waals surface area contributed by atoms with Crippen LogP contribution in [-0.4, -0.2) is 25.2 Å². The molecule has 0 unspecified atom stereocenters. The van der Waals surface area contributed by atoms with Crippen LogP contribution in [0.2, 0.25) is 0 Å². The van der Waals surface area contributed by atoms with Crippen molar-refractivity contribution in [1.82, 2.24) is 5.32 Å². The second-order valence-corrected chi connectivity index (χ2v) is 5.74. The molecule has 0 radical (unpaired) electrons. The van der Waals surface area contributed by atoms with E-state index < -0.39 is 6.61 Å². The molecule has 134 valence electrons. The molecule has 7 heteroatoms. The first-order valence-electron chi connectivity index (χ1n) is 8.36. The predicted octanol–water partition coefficient (Wildman–Crippen LogP) is 3.42. The summed E-state index contributed by atoms with van der Waals surface area (Å²) >= 11 is 0. The van der Waals surface area contributed by atoms with Crippen molar-refractivity contribution in [2.75, 3.05) is 6.61 Å². The molecule has 0 heterocycles. The highest BCUT2D eigenvalue weighted by Gasteiger charge is 2.16. The van der Waals surface area contributed by atoms with Gasteiger partial charge in [0.05, 0.1) is 13.2 Å².